The van der Waals surface area contributed by atoms with Gasteiger partial charge in [-0.3, -0.25) is 9.78 Å². The molecule has 0 bridgehead atoms. The molecule has 0 aliphatic rings. The van der Waals surface area contributed by atoms with E-state index < -0.39 is 0 Å². The van der Waals surface area contributed by atoms with Crippen LogP contribution >= 0.6 is 0 Å². The van der Waals surface area contributed by atoms with Crippen molar-refractivity contribution in [3.63, 3.8) is 0 Å². The van der Waals surface area contributed by atoms with E-state index in [0.717, 1.165) is 22.0 Å². The van der Waals surface area contributed by atoms with Gasteiger partial charge >= 0.3 is 6.01 Å². The molecule has 2 N–H and O–H groups in total. The lowest BCUT2D eigenvalue weighted by Gasteiger charge is -2.16. The molecule has 4 rings (SSSR count). The molecule has 1 atom stereocenters. The first-order valence-electron chi connectivity index (χ1n) is 10.7. The molecule has 0 aliphatic heterocycles. The molecule has 9 nitrogen and oxygen atoms in total. The van der Waals surface area contributed by atoms with Crippen molar-refractivity contribution in [1.82, 2.24) is 30.2 Å². The summed E-state index contributed by atoms with van der Waals surface area (Å²) in [5, 5.41) is 6.90. The van der Waals surface area contributed by atoms with Crippen molar-refractivity contribution in [2.24, 2.45) is 0 Å². The second-order valence-electron chi connectivity index (χ2n) is 7.44. The van der Waals surface area contributed by atoms with Crippen molar-refractivity contribution in [2.45, 2.75) is 19.8 Å². The quantitative estimate of drug-likeness (QED) is 0.425. The molecule has 0 saturated carbocycles. The number of pyridine rings is 1. The fourth-order valence-electron chi connectivity index (χ4n) is 3.56. The Morgan fingerprint density at radius 3 is 2.67 bits per heavy atom. The summed E-state index contributed by atoms with van der Waals surface area (Å²) in [4.78, 5) is 33.8. The Labute approximate surface area is 191 Å². The molecular formula is C24H25N7O2. The average Bonchev–Trinajstić information content (AvgIpc) is 2.87. The van der Waals surface area contributed by atoms with Gasteiger partial charge in [-0.15, -0.1) is 0 Å². The zero-order chi connectivity index (χ0) is 23.2. The maximum absolute atomic E-state index is 12.2. The van der Waals surface area contributed by atoms with Gasteiger partial charge in [0.25, 0.3) is 5.91 Å². The number of fused-ring (bicyclic) bond motifs is 1. The summed E-state index contributed by atoms with van der Waals surface area (Å²) in [6, 6.07) is 9.85. The van der Waals surface area contributed by atoms with Crippen LogP contribution in [0.4, 0.5) is 5.82 Å². The first kappa shape index (κ1) is 22.1. The predicted molar refractivity (Wildman–Crippen MR) is 126 cm³/mol. The maximum Gasteiger partial charge on any atom is 0.316 e. The number of aromatic nitrogens is 5. The Balaban J connectivity index is 1.51. The van der Waals surface area contributed by atoms with Crippen molar-refractivity contribution in [3.8, 4) is 17.3 Å². The van der Waals surface area contributed by atoms with Gasteiger partial charge in [-0.1, -0.05) is 25.1 Å². The monoisotopic (exact) mass is 443 g/mol. The van der Waals surface area contributed by atoms with Gasteiger partial charge in [0, 0.05) is 55.1 Å². The highest BCUT2D eigenvalue weighted by atomic mass is 16.5. The number of carbonyl (C=O) groups is 1. The Kier molecular flexibility index (Phi) is 6.68. The molecule has 0 radical (unpaired) electrons. The third kappa shape index (κ3) is 4.87. The minimum atomic E-state index is -0.128. The summed E-state index contributed by atoms with van der Waals surface area (Å²) in [5.74, 6) is 0.686. The van der Waals surface area contributed by atoms with E-state index in [4.69, 9.17) is 4.74 Å². The van der Waals surface area contributed by atoms with Crippen molar-refractivity contribution >= 4 is 22.6 Å². The summed E-state index contributed by atoms with van der Waals surface area (Å²) < 4.78 is 5.29. The Hall–Kier alpha value is -4.14. The number of hydrogen-bond acceptors (Lipinski definition) is 8. The highest BCUT2D eigenvalue weighted by Gasteiger charge is 2.15. The van der Waals surface area contributed by atoms with Gasteiger partial charge in [0.05, 0.1) is 23.4 Å². The number of ether oxygens (including phenoxy) is 1. The van der Waals surface area contributed by atoms with Gasteiger partial charge in [-0.2, -0.15) is 0 Å². The first-order chi connectivity index (χ1) is 16.1. The summed E-state index contributed by atoms with van der Waals surface area (Å²) >= 11 is 0. The second-order valence-corrected chi connectivity index (χ2v) is 7.44. The number of hydrogen-bond donors (Lipinski definition) is 2. The van der Waals surface area contributed by atoms with Crippen LogP contribution in [0.1, 0.15) is 35.7 Å². The van der Waals surface area contributed by atoms with Crippen LogP contribution < -0.4 is 15.4 Å². The van der Waals surface area contributed by atoms with Crippen LogP contribution in [0.15, 0.2) is 55.2 Å². The summed E-state index contributed by atoms with van der Waals surface area (Å²) in [5.41, 5.74) is 3.98. The largest absolute Gasteiger partial charge is 0.464 e. The number of nitrogens with one attached hydrogen (secondary N) is 2. The molecule has 1 aromatic carbocycles. The highest BCUT2D eigenvalue weighted by molar-refractivity contribution is 6.06. The molecule has 0 aliphatic carbocycles. The molecule has 168 valence electrons. The fraction of sp³-hybridized carbons (Fsp3) is 0.250. The summed E-state index contributed by atoms with van der Waals surface area (Å²) in [6.07, 6.45) is 6.54. The van der Waals surface area contributed by atoms with Crippen LogP contribution in [-0.2, 0) is 0 Å². The molecule has 1 amide bonds. The van der Waals surface area contributed by atoms with Crippen LogP contribution in [0.25, 0.3) is 22.2 Å². The van der Waals surface area contributed by atoms with E-state index in [1.807, 2.05) is 31.2 Å². The molecule has 4 aromatic rings. The zero-order valence-electron chi connectivity index (χ0n) is 18.7. The Morgan fingerprint density at radius 1 is 1.09 bits per heavy atom. The van der Waals surface area contributed by atoms with Gasteiger partial charge in [0.1, 0.15) is 12.1 Å². The lowest BCUT2D eigenvalue weighted by atomic mass is 9.96. The predicted octanol–water partition coefficient (Wildman–Crippen LogP) is 3.46. The van der Waals surface area contributed by atoms with Crippen molar-refractivity contribution in [1.29, 1.82) is 0 Å². The SMILES string of the molecule is CCOc1ncc(-c2cc(NC[C@@H](C)c3cccc4c(C(=O)NC)ccnc34)ncn2)cn1. The van der Waals surface area contributed by atoms with Gasteiger partial charge in [0.15, 0.2) is 0 Å². The molecule has 9 heteroatoms. The lowest BCUT2D eigenvalue weighted by Crippen LogP contribution is -2.18. The van der Waals surface area contributed by atoms with Gasteiger partial charge in [0.2, 0.25) is 0 Å². The zero-order valence-corrected chi connectivity index (χ0v) is 18.7. The minimum Gasteiger partial charge on any atom is -0.464 e. The van der Waals surface area contributed by atoms with Crippen LogP contribution in [0.3, 0.4) is 0 Å². The number of carbonyl (C=O) groups excluding carboxylic acids is 1. The molecule has 3 aromatic heterocycles. The van der Waals surface area contributed by atoms with E-state index in [1.165, 1.54) is 6.33 Å². The normalized spacial score (nSPS) is 11.7. The molecular weight excluding hydrogens is 418 g/mol. The number of nitrogens with zero attached hydrogens (tertiary/aromatic N) is 5. The van der Waals surface area contributed by atoms with E-state index in [1.54, 1.807) is 31.7 Å². The van der Waals surface area contributed by atoms with E-state index in [9.17, 15) is 4.79 Å². The van der Waals surface area contributed by atoms with Gasteiger partial charge < -0.3 is 15.4 Å². The van der Waals surface area contributed by atoms with Crippen LogP contribution in [0.5, 0.6) is 6.01 Å². The smallest absolute Gasteiger partial charge is 0.316 e. The molecule has 0 unspecified atom stereocenters. The van der Waals surface area contributed by atoms with Crippen molar-refractivity contribution in [2.75, 3.05) is 25.5 Å². The van der Waals surface area contributed by atoms with Crippen LogP contribution in [0, 0.1) is 0 Å². The Bertz CT molecular complexity index is 1260. The van der Waals surface area contributed by atoms with Crippen LogP contribution in [0.2, 0.25) is 0 Å². The van der Waals surface area contributed by atoms with E-state index in [-0.39, 0.29) is 11.8 Å². The average molecular weight is 444 g/mol. The standard InChI is InChI=1S/C24H25N7O2/c1-4-33-24-28-12-16(13-29-24)20-10-21(31-14-30-20)27-11-15(2)17-6-5-7-18-19(23(32)25-3)8-9-26-22(17)18/h5-10,12-15H,4,11H2,1-3H3,(H,25,32)(H,27,30,31)/t15-/m1/s1. The fourth-order valence-corrected chi connectivity index (χ4v) is 3.56. The molecule has 3 heterocycles. The molecule has 0 fully saturated rings. The third-order valence-corrected chi connectivity index (χ3v) is 5.26. The van der Waals surface area contributed by atoms with Crippen LogP contribution in [-0.4, -0.2) is 51.0 Å². The number of rotatable bonds is 8. The Morgan fingerprint density at radius 2 is 1.91 bits per heavy atom. The molecule has 0 spiro atoms. The summed E-state index contributed by atoms with van der Waals surface area (Å²) in [7, 11) is 1.63. The van der Waals surface area contributed by atoms with E-state index >= 15 is 0 Å². The summed E-state index contributed by atoms with van der Waals surface area (Å²) in [6.45, 7) is 5.13. The van der Waals surface area contributed by atoms with Gasteiger partial charge in [-0.25, -0.2) is 19.9 Å². The minimum absolute atomic E-state index is 0.119. The topological polar surface area (TPSA) is 115 Å². The highest BCUT2D eigenvalue weighted by Crippen LogP contribution is 2.27. The van der Waals surface area contributed by atoms with Crippen molar-refractivity contribution in [3.05, 3.63) is 66.4 Å². The van der Waals surface area contributed by atoms with E-state index in [0.29, 0.717) is 36.2 Å². The molecule has 33 heavy (non-hydrogen) atoms. The number of amides is 1. The maximum atomic E-state index is 12.2. The second kappa shape index (κ2) is 9.99. The van der Waals surface area contributed by atoms with E-state index in [2.05, 4.69) is 42.5 Å². The number of anilines is 1. The molecule has 0 saturated heterocycles. The first-order valence-corrected chi connectivity index (χ1v) is 10.7. The third-order valence-electron chi connectivity index (χ3n) is 5.26. The number of benzene rings is 1. The lowest BCUT2D eigenvalue weighted by molar-refractivity contribution is 0.0964. The number of para-hydroxylation sites is 1. The van der Waals surface area contributed by atoms with Crippen molar-refractivity contribution < 1.29 is 9.53 Å². The van der Waals surface area contributed by atoms with Gasteiger partial charge in [-0.05, 0) is 18.6 Å².